The number of hydrogen-bond donors (Lipinski definition) is 4. The van der Waals surface area contributed by atoms with Crippen molar-refractivity contribution in [2.24, 2.45) is 12.8 Å². The molecule has 364 valence electrons. The Labute approximate surface area is 399 Å². The molecule has 6 atom stereocenters. The van der Waals surface area contributed by atoms with Crippen molar-refractivity contribution in [3.8, 4) is 0 Å². The zero-order valence-corrected chi connectivity index (χ0v) is 40.7. The van der Waals surface area contributed by atoms with Gasteiger partial charge in [0.2, 0.25) is 35.4 Å². The first-order chi connectivity index (χ1) is 31.8. The van der Waals surface area contributed by atoms with Crippen LogP contribution in [-0.2, 0) is 58.3 Å². The summed E-state index contributed by atoms with van der Waals surface area (Å²) in [7, 11) is 1.67. The number of nitrogens with one attached hydrogen (secondary N) is 3. The number of carbonyl (C=O) groups excluding carboxylic acids is 7. The van der Waals surface area contributed by atoms with E-state index in [4.69, 9.17) is 15.2 Å². The van der Waals surface area contributed by atoms with Gasteiger partial charge in [-0.05, 0) is 114 Å². The number of alkyl carbamates (subject to hydrolysis) is 1. The maximum absolute atomic E-state index is 14.5. The first-order valence-electron chi connectivity index (χ1n) is 23.4. The normalized spacial score (nSPS) is 21.0. The van der Waals surface area contributed by atoms with E-state index in [1.54, 1.807) is 37.6 Å². The molecule has 0 radical (unpaired) electrons. The molecule has 0 aliphatic carbocycles. The number of ether oxygens (including phenoxy) is 2. The van der Waals surface area contributed by atoms with E-state index in [0.29, 0.717) is 43.3 Å². The third-order valence-electron chi connectivity index (χ3n) is 12.8. The maximum atomic E-state index is 14.5. The van der Waals surface area contributed by atoms with Gasteiger partial charge < -0.3 is 35.6 Å². The van der Waals surface area contributed by atoms with E-state index in [0.717, 1.165) is 41.3 Å². The Morgan fingerprint density at radius 2 is 1.63 bits per heavy atom. The van der Waals surface area contributed by atoms with Crippen molar-refractivity contribution in [2.75, 3.05) is 13.1 Å². The molecular weight excluding hydrogens is 928 g/mol. The number of aryl methyl sites for hydroxylation is 2. The number of primary amides is 1. The van der Waals surface area contributed by atoms with E-state index in [1.165, 1.54) is 9.13 Å². The number of fused-ring (bicyclic) bond motifs is 2. The largest absolute Gasteiger partial charge is 0.444 e. The summed E-state index contributed by atoms with van der Waals surface area (Å²) in [5.41, 5.74) is 7.64. The molecule has 5 N–H and O–H groups in total. The molecule has 1 aromatic heterocycles. The number of halogens is 1. The minimum absolute atomic E-state index is 0.0197. The number of aromatic nitrogens is 2. The third kappa shape index (κ3) is 13.3. The fraction of sp³-hybridized carbons (Fsp3) is 0.583. The number of benzene rings is 2. The van der Waals surface area contributed by atoms with E-state index < -0.39 is 65.6 Å². The van der Waals surface area contributed by atoms with E-state index in [-0.39, 0.29) is 68.8 Å². The number of rotatable bonds is 18. The summed E-state index contributed by atoms with van der Waals surface area (Å²) in [6.45, 7) is 7.46. The SMILES string of the molecule is C[C@@H](OCc1ccc(Br)cc1)[C@H](CCC(N)=O)NC(=O)[C@@H]1CC[C@@H]2CCN(C(=O)CCCCCCc3ccc4c(c3)n(C)c(=O)n4C3CCC(=O)NC3=O)C[C@H](NC(=O)OC(C)(C)C)C(=O)N21. The number of amides is 7. The van der Waals surface area contributed by atoms with Crippen molar-refractivity contribution >= 4 is 68.5 Å². The van der Waals surface area contributed by atoms with Crippen LogP contribution in [0.5, 0.6) is 0 Å². The lowest BCUT2D eigenvalue weighted by Gasteiger charge is -2.39. The highest BCUT2D eigenvalue weighted by atomic mass is 79.9. The van der Waals surface area contributed by atoms with Crippen molar-refractivity contribution in [3.05, 3.63) is 68.5 Å². The van der Waals surface area contributed by atoms with E-state index in [9.17, 15) is 38.4 Å². The zero-order valence-electron chi connectivity index (χ0n) is 39.1. The van der Waals surface area contributed by atoms with Gasteiger partial charge >= 0.3 is 11.8 Å². The van der Waals surface area contributed by atoms with Crippen LogP contribution in [0.3, 0.4) is 0 Å². The first kappa shape index (κ1) is 50.8. The molecule has 4 heterocycles. The van der Waals surface area contributed by atoms with Crippen LogP contribution in [-0.4, -0.2) is 109 Å². The van der Waals surface area contributed by atoms with Crippen LogP contribution in [0.2, 0.25) is 0 Å². The van der Waals surface area contributed by atoms with Gasteiger partial charge in [0.15, 0.2) is 0 Å². The van der Waals surface area contributed by atoms with Gasteiger partial charge in [-0.25, -0.2) is 9.59 Å². The molecule has 67 heavy (non-hydrogen) atoms. The topological polar surface area (TPSA) is 233 Å². The van der Waals surface area contributed by atoms with Crippen LogP contribution in [0, 0.1) is 0 Å². The highest BCUT2D eigenvalue weighted by Gasteiger charge is 2.46. The van der Waals surface area contributed by atoms with Gasteiger partial charge in [0.1, 0.15) is 23.7 Å². The molecule has 6 rings (SSSR count). The van der Waals surface area contributed by atoms with Crippen LogP contribution in [0.25, 0.3) is 11.0 Å². The second-order valence-corrected chi connectivity index (χ2v) is 19.9. The molecule has 18 nitrogen and oxygen atoms in total. The van der Waals surface area contributed by atoms with Crippen LogP contribution < -0.4 is 27.4 Å². The van der Waals surface area contributed by atoms with Gasteiger partial charge in [0, 0.05) is 43.4 Å². The molecule has 7 amide bonds. The van der Waals surface area contributed by atoms with Gasteiger partial charge in [-0.1, -0.05) is 47.0 Å². The number of piperidine rings is 1. The summed E-state index contributed by atoms with van der Waals surface area (Å²) in [6.07, 6.45) is 4.81. The molecule has 0 saturated carbocycles. The van der Waals surface area contributed by atoms with Crippen LogP contribution in [0.1, 0.15) is 122 Å². The third-order valence-corrected chi connectivity index (χ3v) is 13.4. The van der Waals surface area contributed by atoms with E-state index in [1.807, 2.05) is 49.4 Å². The summed E-state index contributed by atoms with van der Waals surface area (Å²) in [4.78, 5) is 108. The predicted molar refractivity (Wildman–Crippen MR) is 252 cm³/mol. The summed E-state index contributed by atoms with van der Waals surface area (Å²) in [5, 5.41) is 8.10. The molecule has 3 aromatic rings. The number of imidazole rings is 1. The van der Waals surface area contributed by atoms with Gasteiger partial charge in [-0.3, -0.25) is 43.2 Å². The molecule has 3 fully saturated rings. The van der Waals surface area contributed by atoms with Gasteiger partial charge in [0.25, 0.3) is 0 Å². The summed E-state index contributed by atoms with van der Waals surface area (Å²) >= 11 is 3.43. The van der Waals surface area contributed by atoms with Crippen molar-refractivity contribution in [1.82, 2.24) is 34.9 Å². The Kier molecular flexibility index (Phi) is 17.1. The van der Waals surface area contributed by atoms with Crippen molar-refractivity contribution in [2.45, 2.75) is 160 Å². The monoisotopic (exact) mass is 992 g/mol. The average Bonchev–Trinajstić information content (AvgIpc) is 3.79. The standard InChI is InChI=1S/C48H65BrN8O10/c1-29(66-28-31-12-15-32(49)16-13-31)34(18-22-40(50)58)51-43(61)37-20-17-33-24-25-55(27-35(45(63)56(33)37)52-46(64)67-48(2,3)4)42(60)11-9-7-6-8-10-30-14-19-36-39(26-30)54(5)47(65)57(36)38-21-23-41(59)53-44(38)62/h12-16,19,26,29,33-35,37-38H,6-11,17-18,20-25,27-28H2,1-5H3,(H2,50,58)(H,51,61)(H,52,64)(H,53,59,62)/t29-,33-,34+,35+,37+,38?/m1/s1. The Balaban J connectivity index is 1.05. The van der Waals surface area contributed by atoms with Crippen molar-refractivity contribution in [1.29, 1.82) is 0 Å². The zero-order chi connectivity index (χ0) is 48.6. The number of hydrogen-bond acceptors (Lipinski definition) is 10. The van der Waals surface area contributed by atoms with E-state index in [2.05, 4.69) is 31.9 Å². The van der Waals surface area contributed by atoms with E-state index >= 15 is 0 Å². The molecule has 0 spiro atoms. The lowest BCUT2D eigenvalue weighted by atomic mass is 10.0. The minimum Gasteiger partial charge on any atom is -0.444 e. The highest BCUT2D eigenvalue weighted by molar-refractivity contribution is 9.10. The predicted octanol–water partition coefficient (Wildman–Crippen LogP) is 4.41. The molecular formula is C48H65BrN8O10. The Hall–Kier alpha value is -5.56. The molecule has 19 heteroatoms. The Bertz CT molecular complexity index is 2380. The van der Waals surface area contributed by atoms with Gasteiger partial charge in [-0.2, -0.15) is 0 Å². The van der Waals surface area contributed by atoms with Crippen molar-refractivity contribution < 1.29 is 43.0 Å². The second-order valence-electron chi connectivity index (χ2n) is 19.0. The lowest BCUT2D eigenvalue weighted by molar-refractivity contribution is -0.146. The fourth-order valence-electron chi connectivity index (χ4n) is 9.25. The number of imide groups is 1. The number of nitrogens with two attached hydrogens (primary N) is 1. The number of nitrogens with zero attached hydrogens (tertiary/aromatic N) is 4. The average molecular weight is 994 g/mol. The minimum atomic E-state index is -1.17. The summed E-state index contributed by atoms with van der Waals surface area (Å²) in [6, 6.07) is 9.68. The van der Waals surface area contributed by atoms with Gasteiger partial charge in [0.05, 0.1) is 36.3 Å². The summed E-state index contributed by atoms with van der Waals surface area (Å²) in [5.74, 6) is -2.35. The smallest absolute Gasteiger partial charge is 0.408 e. The number of carbonyl (C=O) groups is 7. The van der Waals surface area contributed by atoms with Crippen LogP contribution >= 0.6 is 15.9 Å². The second kappa shape index (κ2) is 22.5. The lowest BCUT2D eigenvalue weighted by Crippen LogP contribution is -2.62. The molecule has 2 aromatic carbocycles. The van der Waals surface area contributed by atoms with Crippen LogP contribution in [0.15, 0.2) is 51.7 Å². The first-order valence-corrected chi connectivity index (χ1v) is 24.2. The van der Waals surface area contributed by atoms with Crippen molar-refractivity contribution in [3.63, 3.8) is 0 Å². The summed E-state index contributed by atoms with van der Waals surface area (Å²) < 4.78 is 15.6. The molecule has 3 aliphatic rings. The molecule has 1 unspecified atom stereocenters. The quantitative estimate of drug-likeness (QED) is 0.104. The maximum Gasteiger partial charge on any atom is 0.408 e. The van der Waals surface area contributed by atoms with Crippen LogP contribution in [0.4, 0.5) is 4.79 Å². The molecule has 3 saturated heterocycles. The molecule has 0 bridgehead atoms. The Morgan fingerprint density at radius 3 is 2.33 bits per heavy atom. The Morgan fingerprint density at radius 1 is 0.910 bits per heavy atom. The highest BCUT2D eigenvalue weighted by Crippen LogP contribution is 2.31. The van der Waals surface area contributed by atoms with Gasteiger partial charge in [-0.15, -0.1) is 0 Å². The number of unbranched alkanes of at least 4 members (excludes halogenated alkanes) is 3. The fourth-order valence-corrected chi connectivity index (χ4v) is 9.52. The molecule has 3 aliphatic heterocycles.